The predicted molar refractivity (Wildman–Crippen MR) is 74.6 cm³/mol. The van der Waals surface area contributed by atoms with Gasteiger partial charge in [0.05, 0.1) is 10.6 Å². The number of benzene rings is 1. The molecule has 0 spiro atoms. The van der Waals surface area contributed by atoms with Crippen LogP contribution in [0.5, 0.6) is 0 Å². The van der Waals surface area contributed by atoms with Crippen molar-refractivity contribution in [2.24, 2.45) is 5.41 Å². The molecule has 18 heavy (non-hydrogen) atoms. The van der Waals surface area contributed by atoms with E-state index in [4.69, 9.17) is 0 Å². The Morgan fingerprint density at radius 2 is 1.83 bits per heavy atom. The van der Waals surface area contributed by atoms with E-state index in [-0.39, 0.29) is 0 Å². The largest absolute Gasteiger partial charge is 0.383 e. The number of rotatable bonds is 4. The predicted octanol–water partition coefficient (Wildman–Crippen LogP) is 3.08. The van der Waals surface area contributed by atoms with E-state index in [1.54, 1.807) is 12.1 Å². The summed E-state index contributed by atoms with van der Waals surface area (Å²) in [5.41, 5.74) is 1.04. The van der Waals surface area contributed by atoms with E-state index in [2.05, 4.69) is 12.2 Å². The van der Waals surface area contributed by atoms with Gasteiger partial charge < -0.3 is 5.32 Å². The summed E-state index contributed by atoms with van der Waals surface area (Å²) in [6, 6.07) is 7.14. The molecule has 0 saturated heterocycles. The lowest BCUT2D eigenvalue weighted by Gasteiger charge is -2.25. The van der Waals surface area contributed by atoms with Crippen molar-refractivity contribution >= 4 is 15.5 Å². The van der Waals surface area contributed by atoms with E-state index >= 15 is 0 Å². The van der Waals surface area contributed by atoms with Crippen molar-refractivity contribution in [3.05, 3.63) is 24.3 Å². The highest BCUT2D eigenvalue weighted by Gasteiger charge is 2.28. The summed E-state index contributed by atoms with van der Waals surface area (Å²) in [5, 5.41) is 3.32. The van der Waals surface area contributed by atoms with Gasteiger partial charge in [-0.2, -0.15) is 0 Å². The van der Waals surface area contributed by atoms with E-state index in [1.807, 2.05) is 12.1 Å². The van der Waals surface area contributed by atoms with Crippen molar-refractivity contribution in [1.82, 2.24) is 0 Å². The van der Waals surface area contributed by atoms with Gasteiger partial charge in [0.25, 0.3) is 0 Å². The van der Waals surface area contributed by atoms with Crippen LogP contribution >= 0.6 is 0 Å². The average Bonchev–Trinajstić information content (AvgIpc) is 2.73. The molecule has 0 bridgehead atoms. The standard InChI is InChI=1S/C14H21NO2S/c1-14(9-5-6-10-14)11-15-12-7-3-4-8-13(12)18(2,16)17/h3-4,7-8,15H,5-6,9-11H2,1-2H3. The number of hydrogen-bond donors (Lipinski definition) is 1. The van der Waals surface area contributed by atoms with Crippen LogP contribution in [0.25, 0.3) is 0 Å². The Hall–Kier alpha value is -1.03. The first-order chi connectivity index (χ1) is 8.41. The molecule has 1 aliphatic rings. The normalized spacial score (nSPS) is 18.8. The van der Waals surface area contributed by atoms with Gasteiger partial charge in [-0.15, -0.1) is 0 Å². The molecule has 2 rings (SSSR count). The van der Waals surface area contributed by atoms with E-state index in [0.29, 0.717) is 10.3 Å². The number of para-hydroxylation sites is 1. The smallest absolute Gasteiger partial charge is 0.177 e. The van der Waals surface area contributed by atoms with Gasteiger partial charge in [-0.3, -0.25) is 0 Å². The minimum atomic E-state index is -3.16. The van der Waals surface area contributed by atoms with Crippen molar-refractivity contribution in [3.63, 3.8) is 0 Å². The second-order valence-corrected chi connectivity index (χ2v) is 7.62. The Kier molecular flexibility index (Phi) is 3.66. The molecule has 0 unspecified atom stereocenters. The molecule has 0 radical (unpaired) electrons. The van der Waals surface area contributed by atoms with Gasteiger partial charge in [0, 0.05) is 12.8 Å². The Labute approximate surface area is 110 Å². The van der Waals surface area contributed by atoms with Crippen LogP contribution in [-0.4, -0.2) is 21.2 Å². The van der Waals surface area contributed by atoms with Crippen LogP contribution in [-0.2, 0) is 9.84 Å². The molecule has 0 heterocycles. The molecular weight excluding hydrogens is 246 g/mol. The molecule has 100 valence electrons. The zero-order valence-corrected chi connectivity index (χ0v) is 11.9. The Balaban J connectivity index is 2.15. The fourth-order valence-electron chi connectivity index (χ4n) is 2.65. The third-order valence-electron chi connectivity index (χ3n) is 3.80. The van der Waals surface area contributed by atoms with Crippen molar-refractivity contribution in [2.45, 2.75) is 37.5 Å². The topological polar surface area (TPSA) is 46.2 Å². The molecule has 3 nitrogen and oxygen atoms in total. The van der Waals surface area contributed by atoms with Gasteiger partial charge >= 0.3 is 0 Å². The summed E-state index contributed by atoms with van der Waals surface area (Å²) >= 11 is 0. The van der Waals surface area contributed by atoms with Crippen LogP contribution in [0.1, 0.15) is 32.6 Å². The molecule has 1 aromatic carbocycles. The fourth-order valence-corrected chi connectivity index (χ4v) is 3.52. The zero-order chi connectivity index (χ0) is 13.2. The quantitative estimate of drug-likeness (QED) is 0.912. The van der Waals surface area contributed by atoms with Crippen LogP contribution < -0.4 is 5.32 Å². The molecule has 1 aliphatic carbocycles. The van der Waals surface area contributed by atoms with E-state index < -0.39 is 9.84 Å². The van der Waals surface area contributed by atoms with Crippen molar-refractivity contribution < 1.29 is 8.42 Å². The van der Waals surface area contributed by atoms with Gasteiger partial charge in [0.1, 0.15) is 0 Å². The van der Waals surface area contributed by atoms with Crippen molar-refractivity contribution in [1.29, 1.82) is 0 Å². The van der Waals surface area contributed by atoms with Crippen molar-refractivity contribution in [2.75, 3.05) is 18.1 Å². The highest BCUT2D eigenvalue weighted by molar-refractivity contribution is 7.90. The molecule has 4 heteroatoms. The zero-order valence-electron chi connectivity index (χ0n) is 11.1. The molecule has 1 saturated carbocycles. The summed E-state index contributed by atoms with van der Waals surface area (Å²) in [4.78, 5) is 0.395. The molecular formula is C14H21NO2S. The molecule has 1 N–H and O–H groups in total. The first kappa shape index (κ1) is 13.4. The number of nitrogens with one attached hydrogen (secondary N) is 1. The fraction of sp³-hybridized carbons (Fsp3) is 0.571. The van der Waals surface area contributed by atoms with Gasteiger partial charge in [0.15, 0.2) is 9.84 Å². The molecule has 1 aromatic rings. The number of anilines is 1. The first-order valence-corrected chi connectivity index (χ1v) is 8.33. The van der Waals surface area contributed by atoms with Gasteiger partial charge in [-0.25, -0.2) is 8.42 Å². The second kappa shape index (κ2) is 4.92. The Morgan fingerprint density at radius 1 is 1.22 bits per heavy atom. The lowest BCUT2D eigenvalue weighted by molar-refractivity contribution is 0.362. The van der Waals surface area contributed by atoms with Crippen LogP contribution in [0.4, 0.5) is 5.69 Å². The summed E-state index contributed by atoms with van der Waals surface area (Å²) in [6.45, 7) is 3.12. The monoisotopic (exact) mass is 267 g/mol. The Morgan fingerprint density at radius 3 is 2.44 bits per heavy atom. The SMILES string of the molecule is CC1(CNc2ccccc2S(C)(=O)=O)CCCC1. The summed E-state index contributed by atoms with van der Waals surface area (Å²) in [7, 11) is -3.16. The maximum atomic E-state index is 11.7. The van der Waals surface area contributed by atoms with Crippen LogP contribution in [0.2, 0.25) is 0 Å². The van der Waals surface area contributed by atoms with Gasteiger partial charge in [0.2, 0.25) is 0 Å². The summed E-state index contributed by atoms with van der Waals surface area (Å²) in [6.07, 6.45) is 6.27. The van der Waals surface area contributed by atoms with Crippen LogP contribution in [0.3, 0.4) is 0 Å². The molecule has 0 aromatic heterocycles. The lowest BCUT2D eigenvalue weighted by atomic mass is 9.89. The third-order valence-corrected chi connectivity index (χ3v) is 4.96. The number of sulfone groups is 1. The molecule has 1 fully saturated rings. The van der Waals surface area contributed by atoms with Crippen LogP contribution in [0.15, 0.2) is 29.2 Å². The summed E-state index contributed by atoms with van der Waals surface area (Å²) in [5.74, 6) is 0. The van der Waals surface area contributed by atoms with Crippen LogP contribution in [0, 0.1) is 5.41 Å². The van der Waals surface area contributed by atoms with Crippen molar-refractivity contribution in [3.8, 4) is 0 Å². The van der Waals surface area contributed by atoms with E-state index in [9.17, 15) is 8.42 Å². The second-order valence-electron chi connectivity index (χ2n) is 5.64. The highest BCUT2D eigenvalue weighted by Crippen LogP contribution is 2.37. The van der Waals surface area contributed by atoms with Gasteiger partial charge in [-0.1, -0.05) is 31.9 Å². The first-order valence-electron chi connectivity index (χ1n) is 6.44. The van der Waals surface area contributed by atoms with E-state index in [0.717, 1.165) is 12.2 Å². The Bertz CT molecular complexity index is 516. The maximum Gasteiger partial charge on any atom is 0.177 e. The molecule has 0 atom stereocenters. The molecule has 0 amide bonds. The van der Waals surface area contributed by atoms with Gasteiger partial charge in [-0.05, 0) is 30.4 Å². The average molecular weight is 267 g/mol. The number of hydrogen-bond acceptors (Lipinski definition) is 3. The molecule has 0 aliphatic heterocycles. The third kappa shape index (κ3) is 3.05. The minimum absolute atomic E-state index is 0.310. The van der Waals surface area contributed by atoms with E-state index in [1.165, 1.54) is 31.9 Å². The highest BCUT2D eigenvalue weighted by atomic mass is 32.2. The maximum absolute atomic E-state index is 11.7. The summed E-state index contributed by atoms with van der Waals surface area (Å²) < 4.78 is 23.4. The lowest BCUT2D eigenvalue weighted by Crippen LogP contribution is -2.23. The minimum Gasteiger partial charge on any atom is -0.383 e.